The number of benzene rings is 1. The monoisotopic (exact) mass is 352 g/mol. The maximum absolute atomic E-state index is 11.8. The molecule has 5 heteroatoms. The summed E-state index contributed by atoms with van der Waals surface area (Å²) in [4.78, 5) is 18.6. The van der Waals surface area contributed by atoms with Gasteiger partial charge in [-0.25, -0.2) is 0 Å². The van der Waals surface area contributed by atoms with Gasteiger partial charge in [-0.2, -0.15) is 0 Å². The van der Waals surface area contributed by atoms with Crippen molar-refractivity contribution in [3.05, 3.63) is 70.1 Å². The van der Waals surface area contributed by atoms with Crippen LogP contribution in [0.25, 0.3) is 0 Å². The number of nitrogens with zero attached hydrogens (tertiary/aromatic N) is 3. The van der Waals surface area contributed by atoms with Crippen molar-refractivity contribution in [2.75, 3.05) is 20.1 Å². The topological polar surface area (TPSA) is 49.6 Å². The lowest BCUT2D eigenvalue weighted by Crippen LogP contribution is -2.45. The largest absolute Gasteiger partial charge is 0.352 e. The van der Waals surface area contributed by atoms with Crippen LogP contribution in [0.15, 0.2) is 58.4 Å². The third-order valence-corrected chi connectivity index (χ3v) is 4.89. The Kier molecular flexibility index (Phi) is 6.10. The predicted molar refractivity (Wildman–Crippen MR) is 106 cm³/mol. The van der Waals surface area contributed by atoms with Gasteiger partial charge in [0.05, 0.1) is 6.54 Å². The summed E-state index contributed by atoms with van der Waals surface area (Å²) in [6, 6.07) is 13.6. The summed E-state index contributed by atoms with van der Waals surface area (Å²) in [7, 11) is 1.85. The Morgan fingerprint density at radius 3 is 2.65 bits per heavy atom. The predicted octanol–water partition coefficient (Wildman–Crippen LogP) is 2.70. The van der Waals surface area contributed by atoms with Crippen LogP contribution in [0.2, 0.25) is 0 Å². The van der Waals surface area contributed by atoms with Crippen molar-refractivity contribution in [1.82, 2.24) is 14.8 Å². The highest BCUT2D eigenvalue weighted by atomic mass is 16.1. The van der Waals surface area contributed by atoms with E-state index >= 15 is 0 Å². The maximum Gasteiger partial charge on any atom is 0.250 e. The van der Waals surface area contributed by atoms with Crippen molar-refractivity contribution in [1.29, 1.82) is 0 Å². The van der Waals surface area contributed by atoms with Crippen molar-refractivity contribution in [2.45, 2.75) is 32.9 Å². The molecule has 0 aliphatic carbocycles. The maximum atomic E-state index is 11.8. The molecule has 1 aliphatic rings. The molecule has 1 N–H and O–H groups in total. The van der Waals surface area contributed by atoms with Gasteiger partial charge < -0.3 is 14.8 Å². The molecule has 0 spiro atoms. The highest BCUT2D eigenvalue weighted by Crippen LogP contribution is 2.15. The van der Waals surface area contributed by atoms with E-state index in [4.69, 9.17) is 0 Å². The number of piperidine rings is 1. The molecular formula is C21H28N4O. The Labute approximate surface area is 155 Å². The van der Waals surface area contributed by atoms with Crippen LogP contribution in [0.1, 0.15) is 30.9 Å². The third-order valence-electron chi connectivity index (χ3n) is 4.89. The summed E-state index contributed by atoms with van der Waals surface area (Å²) in [5.74, 6) is 1.71. The second-order valence-corrected chi connectivity index (χ2v) is 7.08. The summed E-state index contributed by atoms with van der Waals surface area (Å²) < 4.78 is 1.71. The van der Waals surface area contributed by atoms with Crippen molar-refractivity contribution in [3.8, 4) is 0 Å². The molecule has 1 aliphatic heterocycles. The first-order valence-electron chi connectivity index (χ1n) is 9.34. The third kappa shape index (κ3) is 4.75. The van der Waals surface area contributed by atoms with Crippen LogP contribution in [0, 0.1) is 5.92 Å². The fourth-order valence-electron chi connectivity index (χ4n) is 3.45. The van der Waals surface area contributed by atoms with Gasteiger partial charge in [0.2, 0.25) is 0 Å². The minimum Gasteiger partial charge on any atom is -0.352 e. The Morgan fingerprint density at radius 2 is 1.96 bits per heavy atom. The number of hydrogen-bond acceptors (Lipinski definition) is 2. The van der Waals surface area contributed by atoms with E-state index in [1.165, 1.54) is 18.4 Å². The van der Waals surface area contributed by atoms with E-state index in [0.29, 0.717) is 6.54 Å². The van der Waals surface area contributed by atoms with Gasteiger partial charge in [0, 0.05) is 38.9 Å². The standard InChI is InChI=1S/C21H28N4O/c1-17-6-5-13-25(15-17)21(22-2)23-14-18-8-10-19(11-9-18)16-24-12-4-3-7-20(24)26/h3-4,7-12,17H,5-6,13-16H2,1-2H3,(H,22,23). The zero-order chi connectivity index (χ0) is 18.4. The second-order valence-electron chi connectivity index (χ2n) is 7.08. The molecule has 5 nitrogen and oxygen atoms in total. The van der Waals surface area contributed by atoms with Crippen LogP contribution in [-0.2, 0) is 13.1 Å². The van der Waals surface area contributed by atoms with E-state index < -0.39 is 0 Å². The zero-order valence-electron chi connectivity index (χ0n) is 15.7. The summed E-state index contributed by atoms with van der Waals surface area (Å²) in [5.41, 5.74) is 2.36. The SMILES string of the molecule is CN=C(NCc1ccc(Cn2ccccc2=O)cc1)N1CCCC(C)C1. The fraction of sp³-hybridized carbons (Fsp3) is 0.429. The van der Waals surface area contributed by atoms with Crippen molar-refractivity contribution in [2.24, 2.45) is 10.9 Å². The first kappa shape index (κ1) is 18.2. The summed E-state index contributed by atoms with van der Waals surface area (Å²) in [6.45, 7) is 5.80. The van der Waals surface area contributed by atoms with E-state index in [1.807, 2.05) is 19.3 Å². The molecule has 0 saturated carbocycles. The minimum absolute atomic E-state index is 0.0257. The van der Waals surface area contributed by atoms with Gasteiger partial charge in [0.15, 0.2) is 5.96 Å². The molecule has 1 fully saturated rings. The first-order chi connectivity index (χ1) is 12.7. The molecule has 2 aromatic rings. The van der Waals surface area contributed by atoms with Crippen LogP contribution in [0.5, 0.6) is 0 Å². The van der Waals surface area contributed by atoms with Crippen LogP contribution in [0.4, 0.5) is 0 Å². The van der Waals surface area contributed by atoms with Crippen LogP contribution < -0.4 is 10.9 Å². The molecule has 1 aromatic carbocycles. The molecule has 0 amide bonds. The molecule has 26 heavy (non-hydrogen) atoms. The molecule has 3 rings (SSSR count). The normalized spacial score (nSPS) is 18.0. The van der Waals surface area contributed by atoms with E-state index in [-0.39, 0.29) is 5.56 Å². The average Bonchev–Trinajstić information content (AvgIpc) is 2.65. The van der Waals surface area contributed by atoms with Crippen LogP contribution in [-0.4, -0.2) is 35.6 Å². The smallest absolute Gasteiger partial charge is 0.250 e. The van der Waals surface area contributed by atoms with Gasteiger partial charge in [-0.05, 0) is 36.0 Å². The molecule has 2 heterocycles. The lowest BCUT2D eigenvalue weighted by molar-refractivity contribution is 0.266. The molecule has 1 saturated heterocycles. The zero-order valence-corrected chi connectivity index (χ0v) is 15.7. The van der Waals surface area contributed by atoms with Crippen LogP contribution in [0.3, 0.4) is 0 Å². The number of likely N-dealkylation sites (tertiary alicyclic amines) is 1. The summed E-state index contributed by atoms with van der Waals surface area (Å²) >= 11 is 0. The number of pyridine rings is 1. The van der Waals surface area contributed by atoms with Crippen LogP contribution >= 0.6 is 0 Å². The molecule has 0 bridgehead atoms. The van der Waals surface area contributed by atoms with Gasteiger partial charge in [0.25, 0.3) is 5.56 Å². The molecule has 1 aromatic heterocycles. The van der Waals surface area contributed by atoms with Gasteiger partial charge in [-0.3, -0.25) is 9.79 Å². The summed E-state index contributed by atoms with van der Waals surface area (Å²) in [5, 5.41) is 3.47. The Hall–Kier alpha value is -2.56. The number of nitrogens with one attached hydrogen (secondary N) is 1. The lowest BCUT2D eigenvalue weighted by Gasteiger charge is -2.33. The van der Waals surface area contributed by atoms with Gasteiger partial charge in [-0.1, -0.05) is 37.3 Å². The van der Waals surface area contributed by atoms with Gasteiger partial charge in [-0.15, -0.1) is 0 Å². The van der Waals surface area contributed by atoms with E-state index in [1.54, 1.807) is 16.7 Å². The Balaban J connectivity index is 1.57. The average molecular weight is 352 g/mol. The number of hydrogen-bond donors (Lipinski definition) is 1. The number of aromatic nitrogens is 1. The molecular weight excluding hydrogens is 324 g/mol. The highest BCUT2D eigenvalue weighted by molar-refractivity contribution is 5.79. The lowest BCUT2D eigenvalue weighted by atomic mass is 10.0. The van der Waals surface area contributed by atoms with E-state index in [9.17, 15) is 4.79 Å². The van der Waals surface area contributed by atoms with Crippen molar-refractivity contribution in [3.63, 3.8) is 0 Å². The summed E-state index contributed by atoms with van der Waals surface area (Å²) in [6.07, 6.45) is 4.36. The molecule has 1 atom stereocenters. The fourth-order valence-corrected chi connectivity index (χ4v) is 3.45. The second kappa shape index (κ2) is 8.70. The number of rotatable bonds is 4. The number of guanidine groups is 1. The van der Waals surface area contributed by atoms with E-state index in [0.717, 1.165) is 37.1 Å². The van der Waals surface area contributed by atoms with Gasteiger partial charge >= 0.3 is 0 Å². The quantitative estimate of drug-likeness (QED) is 0.680. The van der Waals surface area contributed by atoms with E-state index in [2.05, 4.69) is 46.4 Å². The molecule has 138 valence electrons. The number of aliphatic imine (C=N–C) groups is 1. The molecule has 1 unspecified atom stereocenters. The Morgan fingerprint density at radius 1 is 1.19 bits per heavy atom. The van der Waals surface area contributed by atoms with Crippen molar-refractivity contribution >= 4 is 5.96 Å². The van der Waals surface area contributed by atoms with Crippen molar-refractivity contribution < 1.29 is 0 Å². The minimum atomic E-state index is 0.0257. The van der Waals surface area contributed by atoms with Gasteiger partial charge in [0.1, 0.15) is 0 Å². The highest BCUT2D eigenvalue weighted by Gasteiger charge is 2.18. The Bertz CT molecular complexity index is 794. The first-order valence-corrected chi connectivity index (χ1v) is 9.34. The molecule has 0 radical (unpaired) electrons.